The fourth-order valence-electron chi connectivity index (χ4n) is 2.74. The van der Waals surface area contributed by atoms with Crippen LogP contribution in [-0.4, -0.2) is 44.3 Å². The first-order valence-electron chi connectivity index (χ1n) is 7.49. The van der Waals surface area contributed by atoms with E-state index >= 15 is 0 Å². The van der Waals surface area contributed by atoms with Crippen molar-refractivity contribution in [2.24, 2.45) is 0 Å². The van der Waals surface area contributed by atoms with Gasteiger partial charge in [-0.25, -0.2) is 4.39 Å². The van der Waals surface area contributed by atoms with Crippen LogP contribution in [0.3, 0.4) is 0 Å². The molecule has 20 heavy (non-hydrogen) atoms. The Balaban J connectivity index is 1.87. The Kier molecular flexibility index (Phi) is 5.95. The monoisotopic (exact) mass is 280 g/mol. The normalized spacial score (nSPS) is 21.9. The van der Waals surface area contributed by atoms with Gasteiger partial charge in [-0.1, -0.05) is 19.1 Å². The Morgan fingerprint density at radius 3 is 3.05 bits per heavy atom. The summed E-state index contributed by atoms with van der Waals surface area (Å²) in [5.41, 5.74) is 1.02. The number of rotatable bonds is 6. The summed E-state index contributed by atoms with van der Waals surface area (Å²) >= 11 is 0. The predicted octanol–water partition coefficient (Wildman–Crippen LogP) is 2.59. The van der Waals surface area contributed by atoms with Gasteiger partial charge in [-0.3, -0.25) is 4.90 Å². The Morgan fingerprint density at radius 1 is 1.50 bits per heavy atom. The Hall–Kier alpha value is -0.970. The molecule has 112 valence electrons. The van der Waals surface area contributed by atoms with E-state index < -0.39 is 0 Å². The summed E-state index contributed by atoms with van der Waals surface area (Å²) in [6, 6.07) is 7.07. The van der Waals surface area contributed by atoms with Crippen LogP contribution in [0, 0.1) is 5.82 Å². The average Bonchev–Trinajstić information content (AvgIpc) is 2.48. The van der Waals surface area contributed by atoms with Crippen molar-refractivity contribution in [3.05, 3.63) is 35.6 Å². The number of hydrogen-bond acceptors (Lipinski definition) is 3. The summed E-state index contributed by atoms with van der Waals surface area (Å²) in [5, 5.41) is 3.29. The smallest absolute Gasteiger partial charge is 0.123 e. The molecule has 1 aliphatic rings. The number of benzene rings is 1. The Bertz CT molecular complexity index is 413. The standard InChI is InChI=1S/C16H25FN2O/c1-3-15-12-19(9-10-20-15)8-7-16(18-2)13-5-4-6-14(17)11-13/h4-6,11,15-16,18H,3,7-10,12H2,1-2H3. The van der Waals surface area contributed by atoms with E-state index in [1.165, 1.54) is 6.07 Å². The summed E-state index contributed by atoms with van der Waals surface area (Å²) in [6.07, 6.45) is 2.41. The third-order valence-corrected chi connectivity index (χ3v) is 4.01. The number of nitrogens with one attached hydrogen (secondary N) is 1. The molecule has 4 heteroatoms. The van der Waals surface area contributed by atoms with Crippen LogP contribution in [0.15, 0.2) is 24.3 Å². The molecule has 0 aliphatic carbocycles. The lowest BCUT2D eigenvalue weighted by Crippen LogP contribution is -2.43. The molecule has 1 aliphatic heterocycles. The van der Waals surface area contributed by atoms with Crippen LogP contribution in [0.4, 0.5) is 4.39 Å². The van der Waals surface area contributed by atoms with E-state index in [4.69, 9.17) is 4.74 Å². The summed E-state index contributed by atoms with van der Waals surface area (Å²) < 4.78 is 19.0. The highest BCUT2D eigenvalue weighted by Gasteiger charge is 2.20. The minimum Gasteiger partial charge on any atom is -0.376 e. The zero-order valence-electron chi connectivity index (χ0n) is 12.4. The summed E-state index contributed by atoms with van der Waals surface area (Å²) in [6.45, 7) is 6.01. The fraction of sp³-hybridized carbons (Fsp3) is 0.625. The molecule has 3 nitrogen and oxygen atoms in total. The molecule has 0 radical (unpaired) electrons. The van der Waals surface area contributed by atoms with E-state index in [0.29, 0.717) is 6.10 Å². The van der Waals surface area contributed by atoms with Crippen molar-refractivity contribution in [3.63, 3.8) is 0 Å². The first-order chi connectivity index (χ1) is 9.72. The van der Waals surface area contributed by atoms with Crippen molar-refractivity contribution in [1.82, 2.24) is 10.2 Å². The van der Waals surface area contributed by atoms with Crippen molar-refractivity contribution >= 4 is 0 Å². The maximum atomic E-state index is 13.3. The van der Waals surface area contributed by atoms with Crippen molar-refractivity contribution < 1.29 is 9.13 Å². The van der Waals surface area contributed by atoms with Gasteiger partial charge in [-0.05, 0) is 37.6 Å². The lowest BCUT2D eigenvalue weighted by Gasteiger charge is -2.33. The van der Waals surface area contributed by atoms with Crippen molar-refractivity contribution in [2.75, 3.05) is 33.3 Å². The van der Waals surface area contributed by atoms with Gasteiger partial charge >= 0.3 is 0 Å². The molecule has 1 aromatic carbocycles. The molecule has 0 saturated carbocycles. The van der Waals surface area contributed by atoms with Gasteiger partial charge in [-0.2, -0.15) is 0 Å². The fourth-order valence-corrected chi connectivity index (χ4v) is 2.74. The summed E-state index contributed by atoms with van der Waals surface area (Å²) in [4.78, 5) is 2.45. The number of hydrogen-bond donors (Lipinski definition) is 1. The van der Waals surface area contributed by atoms with Crippen LogP contribution >= 0.6 is 0 Å². The molecule has 1 aromatic rings. The maximum absolute atomic E-state index is 13.3. The van der Waals surface area contributed by atoms with Gasteiger partial charge in [0.15, 0.2) is 0 Å². The topological polar surface area (TPSA) is 24.5 Å². The molecule has 0 amide bonds. The largest absolute Gasteiger partial charge is 0.376 e. The van der Waals surface area contributed by atoms with Crippen LogP contribution in [0.2, 0.25) is 0 Å². The van der Waals surface area contributed by atoms with Gasteiger partial charge in [0.2, 0.25) is 0 Å². The van der Waals surface area contributed by atoms with Gasteiger partial charge in [0.1, 0.15) is 5.82 Å². The number of morpholine rings is 1. The molecule has 0 spiro atoms. The van der Waals surface area contributed by atoms with Gasteiger partial charge in [0.05, 0.1) is 12.7 Å². The number of halogens is 1. The third kappa shape index (κ3) is 4.27. The average molecular weight is 280 g/mol. The highest BCUT2D eigenvalue weighted by Crippen LogP contribution is 2.19. The lowest BCUT2D eigenvalue weighted by molar-refractivity contribution is -0.0304. The van der Waals surface area contributed by atoms with E-state index in [-0.39, 0.29) is 11.9 Å². The molecular weight excluding hydrogens is 255 g/mol. The molecular formula is C16H25FN2O. The van der Waals surface area contributed by atoms with Crippen LogP contribution in [-0.2, 0) is 4.74 Å². The molecule has 2 rings (SSSR count). The van der Waals surface area contributed by atoms with E-state index in [1.54, 1.807) is 12.1 Å². The lowest BCUT2D eigenvalue weighted by atomic mass is 10.0. The first kappa shape index (κ1) is 15.4. The quantitative estimate of drug-likeness (QED) is 0.867. The summed E-state index contributed by atoms with van der Waals surface area (Å²) in [7, 11) is 1.93. The molecule has 2 atom stereocenters. The second-order valence-corrected chi connectivity index (χ2v) is 5.39. The van der Waals surface area contributed by atoms with Crippen LogP contribution in [0.1, 0.15) is 31.4 Å². The minimum absolute atomic E-state index is 0.167. The van der Waals surface area contributed by atoms with Crippen molar-refractivity contribution in [1.29, 1.82) is 0 Å². The second kappa shape index (κ2) is 7.72. The number of ether oxygens (including phenoxy) is 1. The molecule has 2 unspecified atom stereocenters. The van der Waals surface area contributed by atoms with Crippen LogP contribution in [0.25, 0.3) is 0 Å². The van der Waals surface area contributed by atoms with Crippen molar-refractivity contribution in [2.45, 2.75) is 31.9 Å². The van der Waals surface area contributed by atoms with E-state index in [0.717, 1.165) is 44.6 Å². The molecule has 0 bridgehead atoms. The molecule has 1 saturated heterocycles. The third-order valence-electron chi connectivity index (χ3n) is 4.01. The molecule has 1 N–H and O–H groups in total. The molecule has 1 fully saturated rings. The summed E-state index contributed by atoms with van der Waals surface area (Å²) in [5.74, 6) is -0.167. The van der Waals surface area contributed by atoms with Gasteiger partial charge in [-0.15, -0.1) is 0 Å². The first-order valence-corrected chi connectivity index (χ1v) is 7.49. The highest BCUT2D eigenvalue weighted by atomic mass is 19.1. The van der Waals surface area contributed by atoms with Gasteiger partial charge in [0.25, 0.3) is 0 Å². The van der Waals surface area contributed by atoms with Gasteiger partial charge < -0.3 is 10.1 Å². The number of nitrogens with zero attached hydrogens (tertiary/aromatic N) is 1. The zero-order chi connectivity index (χ0) is 14.4. The maximum Gasteiger partial charge on any atom is 0.123 e. The van der Waals surface area contributed by atoms with E-state index in [1.807, 2.05) is 13.1 Å². The molecule has 1 heterocycles. The van der Waals surface area contributed by atoms with E-state index in [2.05, 4.69) is 17.1 Å². The second-order valence-electron chi connectivity index (χ2n) is 5.39. The van der Waals surface area contributed by atoms with Crippen LogP contribution in [0.5, 0.6) is 0 Å². The SMILES string of the molecule is CCC1CN(CCC(NC)c2cccc(F)c2)CCO1. The van der Waals surface area contributed by atoms with Crippen LogP contribution < -0.4 is 5.32 Å². The Morgan fingerprint density at radius 2 is 2.35 bits per heavy atom. The van der Waals surface area contributed by atoms with Crippen molar-refractivity contribution in [3.8, 4) is 0 Å². The van der Waals surface area contributed by atoms with Gasteiger partial charge in [0, 0.05) is 25.7 Å². The molecule has 0 aromatic heterocycles. The predicted molar refractivity (Wildman–Crippen MR) is 79.3 cm³/mol. The zero-order valence-corrected chi connectivity index (χ0v) is 12.4. The van der Waals surface area contributed by atoms with E-state index in [9.17, 15) is 4.39 Å². The minimum atomic E-state index is -0.167. The highest BCUT2D eigenvalue weighted by molar-refractivity contribution is 5.20. The Labute approximate surface area is 121 Å².